The highest BCUT2D eigenvalue weighted by Gasteiger charge is 2.18. The summed E-state index contributed by atoms with van der Waals surface area (Å²) < 4.78 is 19.1. The molecule has 5 heteroatoms. The van der Waals surface area contributed by atoms with Crippen LogP contribution >= 0.6 is 12.2 Å². The van der Waals surface area contributed by atoms with E-state index < -0.39 is 0 Å². The Hall–Kier alpha value is -1.75. The van der Waals surface area contributed by atoms with Gasteiger partial charge in [-0.25, -0.2) is 9.37 Å². The van der Waals surface area contributed by atoms with Crippen LogP contribution in [0.1, 0.15) is 37.3 Å². The van der Waals surface area contributed by atoms with E-state index in [4.69, 9.17) is 17.0 Å². The van der Waals surface area contributed by atoms with Gasteiger partial charge in [-0.05, 0) is 43.0 Å². The molecule has 3 nitrogen and oxygen atoms in total. The highest BCUT2D eigenvalue weighted by Crippen LogP contribution is 2.34. The molecule has 0 unspecified atom stereocenters. The van der Waals surface area contributed by atoms with Crippen molar-refractivity contribution in [1.82, 2.24) is 9.97 Å². The van der Waals surface area contributed by atoms with Gasteiger partial charge in [0.25, 0.3) is 0 Å². The van der Waals surface area contributed by atoms with E-state index in [0.717, 1.165) is 11.3 Å². The van der Waals surface area contributed by atoms with Crippen LogP contribution in [0.4, 0.5) is 4.39 Å². The Kier molecular flexibility index (Phi) is 4.01. The molecular formula is C16H17FN2OS. The Morgan fingerprint density at radius 1 is 1.29 bits per heavy atom. The summed E-state index contributed by atoms with van der Waals surface area (Å²) in [6, 6.07) is 6.65. The summed E-state index contributed by atoms with van der Waals surface area (Å²) in [7, 11) is 1.45. The van der Waals surface area contributed by atoms with Crippen LogP contribution in [0.15, 0.2) is 24.3 Å². The van der Waals surface area contributed by atoms with E-state index in [0.29, 0.717) is 16.4 Å². The number of nitrogens with zero attached hydrogens (tertiary/aromatic N) is 1. The maximum absolute atomic E-state index is 13.5. The molecule has 1 fully saturated rings. The Bertz CT molecular complexity index is 708. The molecule has 0 radical (unpaired) electrons. The van der Waals surface area contributed by atoms with Crippen LogP contribution < -0.4 is 4.74 Å². The van der Waals surface area contributed by atoms with E-state index in [2.05, 4.69) is 9.97 Å². The first-order valence-corrected chi connectivity index (χ1v) is 7.53. The lowest BCUT2D eigenvalue weighted by Gasteiger charge is -2.12. The van der Waals surface area contributed by atoms with E-state index in [1.54, 1.807) is 12.1 Å². The third-order valence-corrected chi connectivity index (χ3v) is 4.19. The number of halogens is 1. The minimum atomic E-state index is -0.383. The fraction of sp³-hybridized carbons (Fsp3) is 0.375. The van der Waals surface area contributed by atoms with Crippen LogP contribution in [-0.2, 0) is 0 Å². The molecule has 3 rings (SSSR count). The first kappa shape index (κ1) is 14.2. The second-order valence-electron chi connectivity index (χ2n) is 5.35. The molecule has 1 aliphatic rings. The summed E-state index contributed by atoms with van der Waals surface area (Å²) in [5.41, 5.74) is 1.91. The number of aromatic amines is 1. The molecular weight excluding hydrogens is 287 g/mol. The lowest BCUT2D eigenvalue weighted by Crippen LogP contribution is -2.01. The topological polar surface area (TPSA) is 37.9 Å². The van der Waals surface area contributed by atoms with Gasteiger partial charge < -0.3 is 9.72 Å². The maximum atomic E-state index is 13.5. The minimum Gasteiger partial charge on any atom is -0.494 e. The summed E-state index contributed by atoms with van der Waals surface area (Å²) in [6.07, 6.45) is 4.88. The van der Waals surface area contributed by atoms with Gasteiger partial charge in [0.1, 0.15) is 10.5 Å². The predicted octanol–water partition coefficient (Wildman–Crippen LogP) is 4.61. The normalized spacial score (nSPS) is 15.3. The number of rotatable bonds is 3. The quantitative estimate of drug-likeness (QED) is 0.841. The van der Waals surface area contributed by atoms with Crippen LogP contribution in [0, 0.1) is 10.5 Å². The summed E-state index contributed by atoms with van der Waals surface area (Å²) in [6.45, 7) is 0. The molecule has 1 saturated carbocycles. The van der Waals surface area contributed by atoms with E-state index in [1.165, 1.54) is 38.9 Å². The third-order valence-electron chi connectivity index (χ3n) is 3.98. The summed E-state index contributed by atoms with van der Waals surface area (Å²) in [5, 5.41) is 0. The van der Waals surface area contributed by atoms with Gasteiger partial charge in [0, 0.05) is 11.3 Å². The fourth-order valence-corrected chi connectivity index (χ4v) is 3.10. The van der Waals surface area contributed by atoms with Crippen LogP contribution in [0.25, 0.3) is 11.4 Å². The molecule has 0 aliphatic heterocycles. The maximum Gasteiger partial charge on any atom is 0.165 e. The molecule has 0 bridgehead atoms. The zero-order valence-corrected chi connectivity index (χ0v) is 12.7. The smallest absolute Gasteiger partial charge is 0.165 e. The zero-order chi connectivity index (χ0) is 14.8. The van der Waals surface area contributed by atoms with Gasteiger partial charge in [-0.2, -0.15) is 0 Å². The van der Waals surface area contributed by atoms with E-state index in [-0.39, 0.29) is 11.6 Å². The molecule has 1 aromatic carbocycles. The third kappa shape index (κ3) is 2.97. The molecule has 0 atom stereocenters. The second-order valence-corrected chi connectivity index (χ2v) is 5.77. The van der Waals surface area contributed by atoms with Gasteiger partial charge in [-0.3, -0.25) is 0 Å². The van der Waals surface area contributed by atoms with Crippen molar-refractivity contribution < 1.29 is 9.13 Å². The van der Waals surface area contributed by atoms with Crippen molar-refractivity contribution >= 4 is 12.2 Å². The number of H-pyrrole nitrogens is 1. The molecule has 1 N–H and O–H groups in total. The Labute approximate surface area is 128 Å². The first-order chi connectivity index (χ1) is 10.2. The Balaban J connectivity index is 2.03. The summed E-state index contributed by atoms with van der Waals surface area (Å²) >= 11 is 5.27. The lowest BCUT2D eigenvalue weighted by molar-refractivity contribution is 0.386. The van der Waals surface area contributed by atoms with E-state index in [1.807, 2.05) is 6.07 Å². The number of hydrogen-bond donors (Lipinski definition) is 1. The monoisotopic (exact) mass is 304 g/mol. The number of aromatic nitrogens is 2. The van der Waals surface area contributed by atoms with Crippen LogP contribution in [-0.4, -0.2) is 17.1 Å². The lowest BCUT2D eigenvalue weighted by atomic mass is 10.0. The number of nitrogens with one attached hydrogen (secondary N) is 1. The van der Waals surface area contributed by atoms with Gasteiger partial charge >= 0.3 is 0 Å². The SMILES string of the molecule is COc1cc(-c2nc(=S)cc(C3CCCC3)[nH]2)ccc1F. The fourth-order valence-electron chi connectivity index (χ4n) is 2.88. The van der Waals surface area contributed by atoms with Crippen LogP contribution in [0.2, 0.25) is 0 Å². The molecule has 1 aromatic heterocycles. The van der Waals surface area contributed by atoms with Crippen molar-refractivity contribution in [2.24, 2.45) is 0 Å². The van der Waals surface area contributed by atoms with Crippen molar-refractivity contribution in [2.75, 3.05) is 7.11 Å². The van der Waals surface area contributed by atoms with E-state index in [9.17, 15) is 4.39 Å². The average molecular weight is 304 g/mol. The van der Waals surface area contributed by atoms with Crippen molar-refractivity contribution in [2.45, 2.75) is 31.6 Å². The van der Waals surface area contributed by atoms with E-state index >= 15 is 0 Å². The highest BCUT2D eigenvalue weighted by molar-refractivity contribution is 7.71. The van der Waals surface area contributed by atoms with Gasteiger partial charge in [0.2, 0.25) is 0 Å². The molecule has 0 saturated heterocycles. The Morgan fingerprint density at radius 2 is 2.05 bits per heavy atom. The van der Waals surface area contributed by atoms with Gasteiger partial charge in [0.05, 0.1) is 7.11 Å². The number of benzene rings is 1. The van der Waals surface area contributed by atoms with Gasteiger partial charge in [-0.1, -0.05) is 25.1 Å². The van der Waals surface area contributed by atoms with Crippen LogP contribution in [0.5, 0.6) is 5.75 Å². The molecule has 21 heavy (non-hydrogen) atoms. The largest absolute Gasteiger partial charge is 0.494 e. The Morgan fingerprint density at radius 3 is 2.76 bits per heavy atom. The predicted molar refractivity (Wildman–Crippen MR) is 82.6 cm³/mol. The second kappa shape index (κ2) is 5.93. The summed E-state index contributed by atoms with van der Waals surface area (Å²) in [4.78, 5) is 7.72. The zero-order valence-electron chi connectivity index (χ0n) is 11.9. The minimum absolute atomic E-state index is 0.208. The molecule has 1 heterocycles. The van der Waals surface area contributed by atoms with Crippen molar-refractivity contribution in [1.29, 1.82) is 0 Å². The number of ether oxygens (including phenoxy) is 1. The molecule has 2 aromatic rings. The average Bonchev–Trinajstić information content (AvgIpc) is 3.01. The number of hydrogen-bond acceptors (Lipinski definition) is 3. The molecule has 0 spiro atoms. The van der Waals surface area contributed by atoms with Crippen molar-refractivity contribution in [3.05, 3.63) is 40.4 Å². The molecule has 110 valence electrons. The van der Waals surface area contributed by atoms with Crippen molar-refractivity contribution in [3.8, 4) is 17.1 Å². The molecule has 0 amide bonds. The first-order valence-electron chi connectivity index (χ1n) is 7.12. The van der Waals surface area contributed by atoms with Gasteiger partial charge in [0.15, 0.2) is 11.6 Å². The highest BCUT2D eigenvalue weighted by atomic mass is 32.1. The van der Waals surface area contributed by atoms with Crippen LogP contribution in [0.3, 0.4) is 0 Å². The summed E-state index contributed by atoms with van der Waals surface area (Å²) in [5.74, 6) is 1.02. The molecule has 1 aliphatic carbocycles. The van der Waals surface area contributed by atoms with Crippen molar-refractivity contribution in [3.63, 3.8) is 0 Å². The number of methoxy groups -OCH3 is 1. The standard InChI is InChI=1S/C16H17FN2OS/c1-20-14-8-11(6-7-12(14)17)16-18-13(9-15(21)19-16)10-4-2-3-5-10/h6-10H,2-5H2,1H3,(H,18,19,21). The van der Waals surface area contributed by atoms with Gasteiger partial charge in [-0.15, -0.1) is 0 Å².